The highest BCUT2D eigenvalue weighted by atomic mass is 35.5. The second-order valence-electron chi connectivity index (χ2n) is 6.11. The molecular weight excluding hydrogens is 288 g/mol. The molecule has 2 fully saturated rings. The minimum Gasteiger partial charge on any atom is -0.397 e. The van der Waals surface area contributed by atoms with Gasteiger partial charge in [0, 0.05) is 11.4 Å². The average Bonchev–Trinajstić information content (AvgIpc) is 2.60. The molecule has 0 unspecified atom stereocenters. The summed E-state index contributed by atoms with van der Waals surface area (Å²) in [5.41, 5.74) is 6.28. The number of nitrogen functional groups attached to an aromatic ring is 1. The van der Waals surface area contributed by atoms with Crippen molar-refractivity contribution in [2.24, 2.45) is 5.41 Å². The van der Waals surface area contributed by atoms with Crippen LogP contribution in [0.15, 0.2) is 18.2 Å². The molecule has 0 radical (unpaired) electrons. The van der Waals surface area contributed by atoms with Gasteiger partial charge in [-0.1, -0.05) is 37.3 Å². The predicted octanol–water partition coefficient (Wildman–Crippen LogP) is 3.53. The van der Waals surface area contributed by atoms with E-state index in [1.165, 1.54) is 4.90 Å². The van der Waals surface area contributed by atoms with Gasteiger partial charge in [-0.15, -0.1) is 0 Å². The Kier molecular flexibility index (Phi) is 3.66. The Hall–Kier alpha value is -1.55. The number of imide groups is 1. The molecule has 0 atom stereocenters. The van der Waals surface area contributed by atoms with E-state index in [-0.39, 0.29) is 11.8 Å². The van der Waals surface area contributed by atoms with Crippen LogP contribution in [0.1, 0.15) is 44.9 Å². The maximum Gasteiger partial charge on any atom is 0.240 e. The fraction of sp³-hybridized carbons (Fsp3) is 0.500. The Morgan fingerprint density at radius 1 is 1.10 bits per heavy atom. The first-order chi connectivity index (χ1) is 10.0. The molecule has 1 aromatic carbocycles. The summed E-state index contributed by atoms with van der Waals surface area (Å²) in [4.78, 5) is 26.6. The third-order valence-corrected chi connectivity index (χ3v) is 4.92. The maximum absolute atomic E-state index is 12.9. The van der Waals surface area contributed by atoms with Crippen LogP contribution < -0.4 is 10.6 Å². The Balaban J connectivity index is 1.97. The number of hydrogen-bond donors (Lipinski definition) is 1. The van der Waals surface area contributed by atoms with Gasteiger partial charge in [0.15, 0.2) is 0 Å². The first-order valence-corrected chi connectivity index (χ1v) is 7.84. The van der Waals surface area contributed by atoms with E-state index in [0.29, 0.717) is 22.8 Å². The molecule has 112 valence electrons. The highest BCUT2D eigenvalue weighted by Gasteiger charge is 2.51. The first kappa shape index (κ1) is 14.4. The normalized spacial score (nSPS) is 21.9. The molecule has 2 aliphatic rings. The third kappa shape index (κ3) is 2.42. The topological polar surface area (TPSA) is 63.4 Å². The number of hydrogen-bond acceptors (Lipinski definition) is 3. The standard InChI is InChI=1S/C16H19ClN2O2/c17-11-5-6-13(12(18)9-11)19-14(20)10-16(15(19)21)7-3-1-2-4-8-16/h5-6,9H,1-4,7-8,10,18H2. The molecule has 1 spiro atoms. The fourth-order valence-corrected chi connectivity index (χ4v) is 3.74. The minimum atomic E-state index is -0.500. The van der Waals surface area contributed by atoms with Crippen LogP contribution in [0.3, 0.4) is 0 Å². The van der Waals surface area contributed by atoms with Crippen molar-refractivity contribution < 1.29 is 9.59 Å². The molecule has 2 amide bonds. The van der Waals surface area contributed by atoms with E-state index in [0.717, 1.165) is 38.5 Å². The second-order valence-corrected chi connectivity index (χ2v) is 6.55. The first-order valence-electron chi connectivity index (χ1n) is 7.46. The second kappa shape index (κ2) is 5.34. The number of carbonyl (C=O) groups is 2. The summed E-state index contributed by atoms with van der Waals surface area (Å²) in [6, 6.07) is 4.89. The smallest absolute Gasteiger partial charge is 0.240 e. The number of carbonyl (C=O) groups excluding carboxylic acids is 2. The van der Waals surface area contributed by atoms with Gasteiger partial charge < -0.3 is 5.73 Å². The molecule has 0 bridgehead atoms. The van der Waals surface area contributed by atoms with E-state index in [2.05, 4.69) is 0 Å². The van der Waals surface area contributed by atoms with Crippen molar-refractivity contribution in [2.75, 3.05) is 10.6 Å². The van der Waals surface area contributed by atoms with Gasteiger partial charge in [-0.2, -0.15) is 0 Å². The Bertz CT molecular complexity index is 592. The van der Waals surface area contributed by atoms with Crippen LogP contribution in [0, 0.1) is 5.41 Å². The third-order valence-electron chi connectivity index (χ3n) is 4.69. The molecule has 1 aliphatic heterocycles. The van der Waals surface area contributed by atoms with Gasteiger partial charge in [0.25, 0.3) is 0 Å². The lowest BCUT2D eigenvalue weighted by Gasteiger charge is -2.25. The zero-order valence-electron chi connectivity index (χ0n) is 11.9. The molecule has 2 N–H and O–H groups in total. The summed E-state index contributed by atoms with van der Waals surface area (Å²) in [5.74, 6) is -0.223. The molecular formula is C16H19ClN2O2. The zero-order valence-corrected chi connectivity index (χ0v) is 12.7. The van der Waals surface area contributed by atoms with Crippen molar-refractivity contribution in [2.45, 2.75) is 44.9 Å². The van der Waals surface area contributed by atoms with Crippen LogP contribution in [0.5, 0.6) is 0 Å². The van der Waals surface area contributed by atoms with E-state index < -0.39 is 5.41 Å². The number of anilines is 2. The van der Waals surface area contributed by atoms with Crippen molar-refractivity contribution in [1.82, 2.24) is 0 Å². The van der Waals surface area contributed by atoms with Gasteiger partial charge >= 0.3 is 0 Å². The van der Waals surface area contributed by atoms with Crippen molar-refractivity contribution in [1.29, 1.82) is 0 Å². The molecule has 1 heterocycles. The largest absolute Gasteiger partial charge is 0.397 e. The summed E-state index contributed by atoms with van der Waals surface area (Å²) in [5, 5.41) is 0.500. The van der Waals surface area contributed by atoms with Crippen molar-refractivity contribution in [3.05, 3.63) is 23.2 Å². The number of nitrogens with zero attached hydrogens (tertiary/aromatic N) is 1. The fourth-order valence-electron chi connectivity index (χ4n) is 3.56. The lowest BCUT2D eigenvalue weighted by atomic mass is 9.79. The van der Waals surface area contributed by atoms with Crippen molar-refractivity contribution in [3.63, 3.8) is 0 Å². The van der Waals surface area contributed by atoms with Crippen molar-refractivity contribution >= 4 is 34.8 Å². The monoisotopic (exact) mass is 306 g/mol. The van der Waals surface area contributed by atoms with E-state index in [1.54, 1.807) is 18.2 Å². The molecule has 1 saturated heterocycles. The van der Waals surface area contributed by atoms with E-state index >= 15 is 0 Å². The van der Waals surface area contributed by atoms with E-state index in [1.807, 2.05) is 0 Å². The molecule has 3 rings (SSSR count). The molecule has 21 heavy (non-hydrogen) atoms. The Morgan fingerprint density at radius 3 is 2.38 bits per heavy atom. The molecule has 1 saturated carbocycles. The maximum atomic E-state index is 12.9. The van der Waals surface area contributed by atoms with Crippen LogP contribution in [0.25, 0.3) is 0 Å². The number of halogens is 1. The predicted molar refractivity (Wildman–Crippen MR) is 83.1 cm³/mol. The van der Waals surface area contributed by atoms with Crippen LogP contribution in [0.4, 0.5) is 11.4 Å². The van der Waals surface area contributed by atoms with Gasteiger partial charge in [0.1, 0.15) is 0 Å². The van der Waals surface area contributed by atoms with Crippen molar-refractivity contribution in [3.8, 4) is 0 Å². The van der Waals surface area contributed by atoms with Gasteiger partial charge in [-0.3, -0.25) is 9.59 Å². The molecule has 4 nitrogen and oxygen atoms in total. The summed E-state index contributed by atoms with van der Waals surface area (Å²) in [6.45, 7) is 0. The summed E-state index contributed by atoms with van der Waals surface area (Å²) in [6.07, 6.45) is 6.25. The summed E-state index contributed by atoms with van der Waals surface area (Å²) in [7, 11) is 0. The highest BCUT2D eigenvalue weighted by molar-refractivity contribution is 6.31. The molecule has 0 aromatic heterocycles. The highest BCUT2D eigenvalue weighted by Crippen LogP contribution is 2.46. The number of nitrogens with two attached hydrogens (primary N) is 1. The molecule has 5 heteroatoms. The minimum absolute atomic E-state index is 0.0802. The van der Waals surface area contributed by atoms with Crippen LogP contribution in [-0.4, -0.2) is 11.8 Å². The molecule has 1 aliphatic carbocycles. The van der Waals surface area contributed by atoms with Gasteiger partial charge in [-0.25, -0.2) is 4.90 Å². The summed E-state index contributed by atoms with van der Waals surface area (Å²) >= 11 is 5.89. The molecule has 1 aromatic rings. The Morgan fingerprint density at radius 2 is 1.76 bits per heavy atom. The van der Waals surface area contributed by atoms with Gasteiger partial charge in [-0.05, 0) is 31.0 Å². The van der Waals surface area contributed by atoms with Gasteiger partial charge in [0.05, 0.1) is 16.8 Å². The SMILES string of the molecule is Nc1cc(Cl)ccc1N1C(=O)CC2(CCCCCC2)C1=O. The van der Waals surface area contributed by atoms with Crippen LogP contribution >= 0.6 is 11.6 Å². The number of benzene rings is 1. The quantitative estimate of drug-likeness (QED) is 0.637. The number of rotatable bonds is 1. The lowest BCUT2D eigenvalue weighted by Crippen LogP contribution is -2.36. The van der Waals surface area contributed by atoms with Gasteiger partial charge in [0.2, 0.25) is 11.8 Å². The summed E-state index contributed by atoms with van der Waals surface area (Å²) < 4.78 is 0. The van der Waals surface area contributed by atoms with Crippen LogP contribution in [0.2, 0.25) is 5.02 Å². The Labute approximate surface area is 129 Å². The number of amides is 2. The average molecular weight is 307 g/mol. The lowest BCUT2D eigenvalue weighted by molar-refractivity contribution is -0.126. The van der Waals surface area contributed by atoms with E-state index in [9.17, 15) is 9.59 Å². The zero-order chi connectivity index (χ0) is 15.0. The van der Waals surface area contributed by atoms with E-state index in [4.69, 9.17) is 17.3 Å². The van der Waals surface area contributed by atoms with Crippen LogP contribution in [-0.2, 0) is 9.59 Å².